The van der Waals surface area contributed by atoms with Crippen LogP contribution in [0.15, 0.2) is 36.0 Å². The van der Waals surface area contributed by atoms with Gasteiger partial charge in [0.1, 0.15) is 10.3 Å². The molecule has 2 fully saturated rings. The number of nitrogens with one attached hydrogen (secondary N) is 1. The molecule has 2 aliphatic heterocycles. The SMILES string of the molecule is CC1(C)C(c2cc3c(Nc4ccc5scnc5c4F)ccnc3s2)CCN1CCOC1CCCCO1. The molecule has 3 aromatic heterocycles. The van der Waals surface area contributed by atoms with Crippen molar-refractivity contribution in [3.63, 3.8) is 0 Å². The van der Waals surface area contributed by atoms with E-state index in [0.29, 0.717) is 23.7 Å². The Kier molecular flexibility index (Phi) is 6.68. The largest absolute Gasteiger partial charge is 0.353 e. The lowest BCUT2D eigenvalue weighted by Gasteiger charge is -2.36. The Balaban J connectivity index is 1.19. The highest BCUT2D eigenvalue weighted by Gasteiger charge is 2.42. The van der Waals surface area contributed by atoms with E-state index in [9.17, 15) is 0 Å². The standard InChI is InChI=1S/C27H31FN4O2S2/c1-27(2)18(9-11-32(27)12-14-34-23-5-3-4-13-33-23)22-15-17-19(8-10-29-26(17)36-22)31-20-6-7-21-25(24(20)28)30-16-35-21/h6-8,10,15-16,18,23H,3-5,9,11-14H2,1-2H3,(H,29,31). The first-order valence-corrected chi connectivity index (χ1v) is 14.4. The predicted octanol–water partition coefficient (Wildman–Crippen LogP) is 6.90. The number of nitrogens with zero attached hydrogens (tertiary/aromatic N) is 3. The summed E-state index contributed by atoms with van der Waals surface area (Å²) in [6.45, 7) is 8.10. The van der Waals surface area contributed by atoms with Crippen molar-refractivity contribution in [1.29, 1.82) is 0 Å². The van der Waals surface area contributed by atoms with Crippen LogP contribution in [0.3, 0.4) is 0 Å². The molecule has 2 aliphatic rings. The van der Waals surface area contributed by atoms with Crippen molar-refractivity contribution in [2.24, 2.45) is 0 Å². The number of aromatic nitrogens is 2. The monoisotopic (exact) mass is 526 g/mol. The van der Waals surface area contributed by atoms with Gasteiger partial charge in [0.05, 0.1) is 28.2 Å². The number of likely N-dealkylation sites (tertiary alicyclic amines) is 1. The number of thiophene rings is 1. The zero-order valence-corrected chi connectivity index (χ0v) is 22.3. The van der Waals surface area contributed by atoms with Gasteiger partial charge in [0.2, 0.25) is 0 Å². The minimum absolute atomic E-state index is 0.00696. The lowest BCUT2D eigenvalue weighted by molar-refractivity contribution is -0.165. The first-order valence-electron chi connectivity index (χ1n) is 12.7. The third kappa shape index (κ3) is 4.52. The molecule has 5 heterocycles. The molecular formula is C27H31FN4O2S2. The Hall–Kier alpha value is -2.17. The minimum atomic E-state index is -0.317. The zero-order chi connectivity index (χ0) is 24.7. The summed E-state index contributed by atoms with van der Waals surface area (Å²) in [6.07, 6.45) is 6.17. The van der Waals surface area contributed by atoms with Crippen LogP contribution in [0.4, 0.5) is 15.8 Å². The van der Waals surface area contributed by atoms with E-state index >= 15 is 4.39 Å². The molecule has 0 radical (unpaired) electrons. The highest BCUT2D eigenvalue weighted by molar-refractivity contribution is 7.18. The lowest BCUT2D eigenvalue weighted by Crippen LogP contribution is -2.43. The second-order valence-electron chi connectivity index (χ2n) is 10.1. The molecule has 2 saturated heterocycles. The molecule has 0 aliphatic carbocycles. The number of ether oxygens (including phenoxy) is 2. The van der Waals surface area contributed by atoms with Crippen molar-refractivity contribution in [3.05, 3.63) is 46.7 Å². The molecule has 190 valence electrons. The molecule has 2 unspecified atom stereocenters. The van der Waals surface area contributed by atoms with E-state index in [1.807, 2.05) is 12.1 Å². The van der Waals surface area contributed by atoms with E-state index in [0.717, 1.165) is 59.6 Å². The van der Waals surface area contributed by atoms with Gasteiger partial charge in [-0.1, -0.05) is 0 Å². The van der Waals surface area contributed by atoms with Crippen molar-refractivity contribution in [3.8, 4) is 0 Å². The molecule has 0 amide bonds. The molecule has 9 heteroatoms. The van der Waals surface area contributed by atoms with Crippen molar-refractivity contribution in [1.82, 2.24) is 14.9 Å². The topological polar surface area (TPSA) is 59.5 Å². The summed E-state index contributed by atoms with van der Waals surface area (Å²) in [5.41, 5.74) is 3.39. The van der Waals surface area contributed by atoms with Gasteiger partial charge in [0, 0.05) is 41.1 Å². The summed E-state index contributed by atoms with van der Waals surface area (Å²) in [6, 6.07) is 7.86. The smallest absolute Gasteiger partial charge is 0.173 e. The number of pyridine rings is 1. The van der Waals surface area contributed by atoms with Crippen LogP contribution in [0.2, 0.25) is 0 Å². The van der Waals surface area contributed by atoms with Gasteiger partial charge in [-0.05, 0) is 70.3 Å². The number of thiazole rings is 1. The lowest BCUT2D eigenvalue weighted by atomic mass is 9.87. The first-order chi connectivity index (χ1) is 17.5. The molecule has 0 saturated carbocycles. The Labute approximate surface area is 218 Å². The third-order valence-corrected chi connectivity index (χ3v) is 9.62. The van der Waals surface area contributed by atoms with Crippen molar-refractivity contribution < 1.29 is 13.9 Å². The van der Waals surface area contributed by atoms with Crippen LogP contribution < -0.4 is 5.32 Å². The number of halogens is 1. The molecule has 4 aromatic rings. The molecule has 0 bridgehead atoms. The van der Waals surface area contributed by atoms with Gasteiger partial charge in [-0.15, -0.1) is 22.7 Å². The molecule has 36 heavy (non-hydrogen) atoms. The maximum absolute atomic E-state index is 15.0. The maximum atomic E-state index is 15.0. The van der Waals surface area contributed by atoms with E-state index in [-0.39, 0.29) is 17.6 Å². The van der Waals surface area contributed by atoms with Crippen LogP contribution in [-0.4, -0.2) is 53.0 Å². The molecule has 0 spiro atoms. The number of rotatable bonds is 7. The Bertz CT molecular complexity index is 1360. The first kappa shape index (κ1) is 24.2. The van der Waals surface area contributed by atoms with E-state index in [2.05, 4.69) is 40.1 Å². The van der Waals surface area contributed by atoms with Crippen molar-refractivity contribution in [2.75, 3.05) is 31.6 Å². The third-order valence-electron chi connectivity index (χ3n) is 7.67. The highest BCUT2D eigenvalue weighted by Crippen LogP contribution is 2.46. The molecule has 6 rings (SSSR count). The summed E-state index contributed by atoms with van der Waals surface area (Å²) >= 11 is 3.19. The van der Waals surface area contributed by atoms with Crippen LogP contribution in [-0.2, 0) is 9.47 Å². The summed E-state index contributed by atoms with van der Waals surface area (Å²) in [5, 5.41) is 4.34. The Morgan fingerprint density at radius 2 is 2.11 bits per heavy atom. The summed E-state index contributed by atoms with van der Waals surface area (Å²) in [7, 11) is 0. The molecule has 2 atom stereocenters. The predicted molar refractivity (Wildman–Crippen MR) is 145 cm³/mol. The van der Waals surface area contributed by atoms with E-state index < -0.39 is 0 Å². The average Bonchev–Trinajstić information content (AvgIpc) is 3.59. The fourth-order valence-electron chi connectivity index (χ4n) is 5.55. The number of hydrogen-bond donors (Lipinski definition) is 1. The Morgan fingerprint density at radius 3 is 2.97 bits per heavy atom. The number of fused-ring (bicyclic) bond motifs is 2. The van der Waals surface area contributed by atoms with E-state index in [4.69, 9.17) is 9.47 Å². The number of anilines is 2. The van der Waals surface area contributed by atoms with Crippen LogP contribution in [0.25, 0.3) is 20.4 Å². The van der Waals surface area contributed by atoms with E-state index in [1.165, 1.54) is 22.6 Å². The Morgan fingerprint density at radius 1 is 1.19 bits per heavy atom. The normalized spacial score (nSPS) is 22.5. The van der Waals surface area contributed by atoms with Gasteiger partial charge in [0.25, 0.3) is 0 Å². The van der Waals surface area contributed by atoms with Crippen LogP contribution in [0.5, 0.6) is 0 Å². The molecule has 1 aromatic carbocycles. The molecular weight excluding hydrogens is 495 g/mol. The van der Waals surface area contributed by atoms with Crippen molar-refractivity contribution >= 4 is 54.5 Å². The second-order valence-corrected chi connectivity index (χ2v) is 12.1. The fourth-order valence-corrected chi connectivity index (χ4v) is 7.57. The van der Waals surface area contributed by atoms with Crippen LogP contribution >= 0.6 is 22.7 Å². The summed E-state index contributed by atoms with van der Waals surface area (Å²) in [5.74, 6) is 0.0844. The highest BCUT2D eigenvalue weighted by atomic mass is 32.1. The minimum Gasteiger partial charge on any atom is -0.353 e. The van der Waals surface area contributed by atoms with Gasteiger partial charge in [-0.2, -0.15) is 0 Å². The van der Waals surface area contributed by atoms with Crippen LogP contribution in [0.1, 0.15) is 50.3 Å². The second kappa shape index (κ2) is 9.95. The van der Waals surface area contributed by atoms with Gasteiger partial charge >= 0.3 is 0 Å². The number of benzene rings is 1. The number of hydrogen-bond acceptors (Lipinski definition) is 8. The van der Waals surface area contributed by atoms with Gasteiger partial charge in [-0.3, -0.25) is 4.90 Å². The van der Waals surface area contributed by atoms with Crippen LogP contribution in [0, 0.1) is 5.82 Å². The average molecular weight is 527 g/mol. The van der Waals surface area contributed by atoms with E-state index in [1.54, 1.807) is 29.1 Å². The van der Waals surface area contributed by atoms with Gasteiger partial charge in [0.15, 0.2) is 12.1 Å². The zero-order valence-electron chi connectivity index (χ0n) is 20.6. The fraction of sp³-hybridized carbons (Fsp3) is 0.481. The summed E-state index contributed by atoms with van der Waals surface area (Å²) in [4.78, 5) is 13.6. The molecule has 6 nitrogen and oxygen atoms in total. The quantitative estimate of drug-likeness (QED) is 0.283. The van der Waals surface area contributed by atoms with Gasteiger partial charge in [-0.25, -0.2) is 14.4 Å². The van der Waals surface area contributed by atoms with Gasteiger partial charge < -0.3 is 14.8 Å². The summed E-state index contributed by atoms with van der Waals surface area (Å²) < 4.78 is 27.6. The molecule has 1 N–H and O–H groups in total. The van der Waals surface area contributed by atoms with Crippen molar-refractivity contribution in [2.45, 2.75) is 57.3 Å². The maximum Gasteiger partial charge on any atom is 0.173 e.